The predicted molar refractivity (Wildman–Crippen MR) is 57.4 cm³/mol. The SMILES string of the molecule is O=Cc1c2c(nn1-c1ccc(F)cc1)COC2. The molecule has 86 valence electrons. The van der Waals surface area contributed by atoms with Crippen molar-refractivity contribution in [3.8, 4) is 5.69 Å². The van der Waals surface area contributed by atoms with Gasteiger partial charge in [0.2, 0.25) is 0 Å². The minimum absolute atomic E-state index is 0.315. The van der Waals surface area contributed by atoms with E-state index in [4.69, 9.17) is 4.74 Å². The van der Waals surface area contributed by atoms with Crippen LogP contribution in [0, 0.1) is 5.82 Å². The summed E-state index contributed by atoms with van der Waals surface area (Å²) in [5.41, 5.74) is 2.74. The fourth-order valence-electron chi connectivity index (χ4n) is 1.93. The van der Waals surface area contributed by atoms with Crippen molar-refractivity contribution >= 4 is 6.29 Å². The van der Waals surface area contributed by atoms with Gasteiger partial charge in [-0.25, -0.2) is 9.07 Å². The molecule has 0 aliphatic carbocycles. The summed E-state index contributed by atoms with van der Waals surface area (Å²) in [6, 6.07) is 5.86. The van der Waals surface area contributed by atoms with Crippen molar-refractivity contribution < 1.29 is 13.9 Å². The first-order valence-electron chi connectivity index (χ1n) is 5.19. The summed E-state index contributed by atoms with van der Waals surface area (Å²) in [6.45, 7) is 0.828. The summed E-state index contributed by atoms with van der Waals surface area (Å²) in [5, 5.41) is 4.30. The van der Waals surface area contributed by atoms with Crippen LogP contribution >= 0.6 is 0 Å². The van der Waals surface area contributed by atoms with Crippen LogP contribution < -0.4 is 0 Å². The van der Waals surface area contributed by atoms with E-state index in [9.17, 15) is 9.18 Å². The Labute approximate surface area is 96.6 Å². The Morgan fingerprint density at radius 2 is 2.06 bits per heavy atom. The van der Waals surface area contributed by atoms with Gasteiger partial charge in [-0.2, -0.15) is 5.10 Å². The summed E-state index contributed by atoms with van der Waals surface area (Å²) in [7, 11) is 0. The first kappa shape index (κ1) is 10.2. The van der Waals surface area contributed by atoms with Gasteiger partial charge in [-0.3, -0.25) is 4.79 Å². The molecular weight excluding hydrogens is 223 g/mol. The van der Waals surface area contributed by atoms with Crippen LogP contribution in [0.5, 0.6) is 0 Å². The van der Waals surface area contributed by atoms with Gasteiger partial charge in [0, 0.05) is 5.56 Å². The van der Waals surface area contributed by atoms with Crippen LogP contribution in [0.2, 0.25) is 0 Å². The van der Waals surface area contributed by atoms with Crippen LogP contribution in [0.3, 0.4) is 0 Å². The van der Waals surface area contributed by atoms with E-state index in [1.807, 2.05) is 0 Å². The molecule has 0 amide bonds. The summed E-state index contributed by atoms with van der Waals surface area (Å²) >= 11 is 0. The number of ether oxygens (including phenoxy) is 1. The summed E-state index contributed by atoms with van der Waals surface area (Å²) in [5.74, 6) is -0.315. The molecule has 1 aliphatic rings. The molecule has 0 spiro atoms. The van der Waals surface area contributed by atoms with Crippen LogP contribution in [-0.2, 0) is 18.0 Å². The van der Waals surface area contributed by atoms with Gasteiger partial charge in [-0.15, -0.1) is 0 Å². The molecule has 0 saturated carbocycles. The molecule has 1 aromatic heterocycles. The molecular formula is C12H9FN2O2. The number of aldehydes is 1. The molecule has 5 heteroatoms. The Bertz CT molecular complexity index is 575. The fourth-order valence-corrected chi connectivity index (χ4v) is 1.93. The number of benzene rings is 1. The second-order valence-electron chi connectivity index (χ2n) is 3.81. The average Bonchev–Trinajstić information content (AvgIpc) is 2.89. The highest BCUT2D eigenvalue weighted by molar-refractivity contribution is 5.76. The third kappa shape index (κ3) is 1.55. The minimum atomic E-state index is -0.315. The topological polar surface area (TPSA) is 44.1 Å². The lowest BCUT2D eigenvalue weighted by Crippen LogP contribution is -2.03. The zero-order valence-electron chi connectivity index (χ0n) is 8.89. The van der Waals surface area contributed by atoms with Crippen LogP contribution in [0.15, 0.2) is 24.3 Å². The second-order valence-corrected chi connectivity index (χ2v) is 3.81. The van der Waals surface area contributed by atoms with Gasteiger partial charge in [-0.1, -0.05) is 0 Å². The monoisotopic (exact) mass is 232 g/mol. The maximum atomic E-state index is 12.8. The van der Waals surface area contributed by atoms with Gasteiger partial charge in [0.05, 0.1) is 24.6 Å². The Morgan fingerprint density at radius 3 is 2.76 bits per heavy atom. The molecule has 0 bridgehead atoms. The van der Waals surface area contributed by atoms with Gasteiger partial charge in [0.15, 0.2) is 6.29 Å². The third-order valence-corrected chi connectivity index (χ3v) is 2.77. The molecule has 17 heavy (non-hydrogen) atoms. The number of fused-ring (bicyclic) bond motifs is 1. The average molecular weight is 232 g/mol. The highest BCUT2D eigenvalue weighted by atomic mass is 19.1. The lowest BCUT2D eigenvalue weighted by molar-refractivity contribution is 0.110. The smallest absolute Gasteiger partial charge is 0.168 e. The van der Waals surface area contributed by atoms with E-state index in [1.54, 1.807) is 12.1 Å². The van der Waals surface area contributed by atoms with Crippen LogP contribution in [0.1, 0.15) is 21.7 Å². The number of hydrogen-bond donors (Lipinski definition) is 0. The van der Waals surface area contributed by atoms with Gasteiger partial charge >= 0.3 is 0 Å². The Hall–Kier alpha value is -2.01. The number of hydrogen-bond acceptors (Lipinski definition) is 3. The van der Waals surface area contributed by atoms with E-state index in [-0.39, 0.29) is 5.82 Å². The van der Waals surface area contributed by atoms with Crippen LogP contribution in [-0.4, -0.2) is 16.1 Å². The van der Waals surface area contributed by atoms with E-state index in [0.29, 0.717) is 24.6 Å². The molecule has 0 fully saturated rings. The number of carbonyl (C=O) groups excluding carboxylic acids is 1. The van der Waals surface area contributed by atoms with Crippen molar-refractivity contribution in [2.24, 2.45) is 0 Å². The Morgan fingerprint density at radius 1 is 1.29 bits per heavy atom. The van der Waals surface area contributed by atoms with Crippen LogP contribution in [0.4, 0.5) is 4.39 Å². The van der Waals surface area contributed by atoms with Gasteiger partial charge in [0.25, 0.3) is 0 Å². The summed E-state index contributed by atoms with van der Waals surface area (Å²) in [4.78, 5) is 11.1. The normalized spacial score (nSPS) is 13.7. The first-order valence-corrected chi connectivity index (χ1v) is 5.19. The van der Waals surface area contributed by atoms with Crippen molar-refractivity contribution in [3.05, 3.63) is 47.0 Å². The van der Waals surface area contributed by atoms with E-state index < -0.39 is 0 Å². The number of aromatic nitrogens is 2. The van der Waals surface area contributed by atoms with Crippen molar-refractivity contribution in [1.82, 2.24) is 9.78 Å². The Balaban J connectivity index is 2.15. The van der Waals surface area contributed by atoms with Gasteiger partial charge < -0.3 is 4.74 Å². The van der Waals surface area contributed by atoms with E-state index >= 15 is 0 Å². The molecule has 3 rings (SSSR count). The number of rotatable bonds is 2. The molecule has 2 heterocycles. The molecule has 1 aliphatic heterocycles. The largest absolute Gasteiger partial charge is 0.370 e. The molecule has 0 N–H and O–H groups in total. The molecule has 0 unspecified atom stereocenters. The molecule has 0 atom stereocenters. The number of carbonyl (C=O) groups is 1. The fraction of sp³-hybridized carbons (Fsp3) is 0.167. The molecule has 2 aromatic rings. The highest BCUT2D eigenvalue weighted by Crippen LogP contribution is 2.24. The summed E-state index contributed by atoms with van der Waals surface area (Å²) in [6.07, 6.45) is 0.754. The van der Waals surface area contributed by atoms with E-state index in [2.05, 4.69) is 5.10 Å². The predicted octanol–water partition coefficient (Wildman–Crippen LogP) is 1.85. The first-order chi connectivity index (χ1) is 8.29. The lowest BCUT2D eigenvalue weighted by Gasteiger charge is -2.04. The van der Waals surface area contributed by atoms with Crippen LogP contribution in [0.25, 0.3) is 5.69 Å². The third-order valence-electron chi connectivity index (χ3n) is 2.77. The lowest BCUT2D eigenvalue weighted by atomic mass is 10.2. The van der Waals surface area contributed by atoms with E-state index in [0.717, 1.165) is 17.5 Å². The quantitative estimate of drug-likeness (QED) is 0.742. The molecule has 4 nitrogen and oxygen atoms in total. The zero-order valence-corrected chi connectivity index (χ0v) is 8.89. The number of halogens is 1. The van der Waals surface area contributed by atoms with Crippen molar-refractivity contribution in [1.29, 1.82) is 0 Å². The van der Waals surface area contributed by atoms with Gasteiger partial charge in [-0.05, 0) is 24.3 Å². The van der Waals surface area contributed by atoms with Crippen molar-refractivity contribution in [2.75, 3.05) is 0 Å². The molecule has 0 saturated heterocycles. The maximum absolute atomic E-state index is 12.8. The highest BCUT2D eigenvalue weighted by Gasteiger charge is 2.22. The Kier molecular flexibility index (Phi) is 2.26. The zero-order chi connectivity index (χ0) is 11.8. The van der Waals surface area contributed by atoms with E-state index in [1.165, 1.54) is 16.8 Å². The molecule has 0 radical (unpaired) electrons. The number of nitrogens with zero attached hydrogens (tertiary/aromatic N) is 2. The van der Waals surface area contributed by atoms with Gasteiger partial charge in [0.1, 0.15) is 11.5 Å². The maximum Gasteiger partial charge on any atom is 0.168 e. The summed E-state index contributed by atoms with van der Waals surface area (Å²) < 4.78 is 19.6. The minimum Gasteiger partial charge on any atom is -0.370 e. The van der Waals surface area contributed by atoms with Crippen molar-refractivity contribution in [2.45, 2.75) is 13.2 Å². The second kappa shape index (κ2) is 3.78. The van der Waals surface area contributed by atoms with Crippen molar-refractivity contribution in [3.63, 3.8) is 0 Å². The molecule has 1 aromatic carbocycles. The standard InChI is InChI=1S/C12H9FN2O2/c13-8-1-3-9(4-2-8)15-12(5-16)10-6-17-7-11(10)14-15/h1-5H,6-7H2.